The van der Waals surface area contributed by atoms with Crippen LogP contribution < -0.4 is 9.47 Å². The maximum absolute atomic E-state index is 13.6. The highest BCUT2D eigenvalue weighted by Crippen LogP contribution is 2.33. The molecule has 34 heavy (non-hydrogen) atoms. The number of piperazine rings is 1. The van der Waals surface area contributed by atoms with Crippen LogP contribution in [0.3, 0.4) is 0 Å². The first-order valence-electron chi connectivity index (χ1n) is 11.1. The van der Waals surface area contributed by atoms with Crippen LogP contribution in [0.4, 0.5) is 4.39 Å². The molecular formula is C27H27FN2O4. The van der Waals surface area contributed by atoms with E-state index in [2.05, 4.69) is 0 Å². The Hall–Kier alpha value is -3.87. The first kappa shape index (κ1) is 23.3. The van der Waals surface area contributed by atoms with Crippen LogP contribution in [0.15, 0.2) is 72.8 Å². The molecule has 0 N–H and O–H groups in total. The van der Waals surface area contributed by atoms with Crippen LogP contribution in [-0.2, 0) is 11.4 Å². The molecule has 1 saturated heterocycles. The van der Waals surface area contributed by atoms with Crippen LogP contribution in [0.5, 0.6) is 11.5 Å². The number of halogens is 1. The van der Waals surface area contributed by atoms with Crippen molar-refractivity contribution in [2.45, 2.75) is 19.6 Å². The molecule has 0 aromatic heterocycles. The number of benzene rings is 3. The molecule has 0 unspecified atom stereocenters. The number of rotatable bonds is 6. The Labute approximate surface area is 198 Å². The predicted octanol–water partition coefficient (Wildman–Crippen LogP) is 4.46. The van der Waals surface area contributed by atoms with Crippen molar-refractivity contribution >= 4 is 11.8 Å². The summed E-state index contributed by atoms with van der Waals surface area (Å²) in [4.78, 5) is 29.2. The molecule has 1 heterocycles. The number of hydrogen-bond acceptors (Lipinski definition) is 4. The average Bonchev–Trinajstić information content (AvgIpc) is 2.87. The van der Waals surface area contributed by atoms with Gasteiger partial charge in [0.1, 0.15) is 23.9 Å². The Morgan fingerprint density at radius 1 is 1.00 bits per heavy atom. The van der Waals surface area contributed by atoms with Crippen LogP contribution >= 0.6 is 0 Å². The second kappa shape index (κ2) is 10.4. The number of ether oxygens (including phenoxy) is 2. The minimum Gasteiger partial charge on any atom is -0.496 e. The molecule has 0 saturated carbocycles. The van der Waals surface area contributed by atoms with E-state index in [-0.39, 0.29) is 30.3 Å². The molecule has 0 bridgehead atoms. The normalized spacial score (nSPS) is 15.7. The Balaban J connectivity index is 1.57. The summed E-state index contributed by atoms with van der Waals surface area (Å²) in [7, 11) is 1.59. The average molecular weight is 463 g/mol. The molecule has 0 spiro atoms. The lowest BCUT2D eigenvalue weighted by molar-refractivity contribution is -0.131. The van der Waals surface area contributed by atoms with Gasteiger partial charge >= 0.3 is 0 Å². The van der Waals surface area contributed by atoms with Crippen molar-refractivity contribution < 1.29 is 23.5 Å². The molecular weight excluding hydrogens is 435 g/mol. The number of carbonyl (C=O) groups is 2. The molecule has 2 amide bonds. The Morgan fingerprint density at radius 2 is 1.79 bits per heavy atom. The Kier molecular flexibility index (Phi) is 7.11. The number of hydrogen-bond donors (Lipinski definition) is 0. The maximum Gasteiger partial charge on any atom is 0.254 e. The predicted molar refractivity (Wildman–Crippen MR) is 126 cm³/mol. The van der Waals surface area contributed by atoms with E-state index in [1.54, 1.807) is 53.3 Å². The van der Waals surface area contributed by atoms with E-state index in [0.717, 1.165) is 5.56 Å². The fraction of sp³-hybridized carbons (Fsp3) is 0.259. The number of amides is 2. The van der Waals surface area contributed by atoms with E-state index in [4.69, 9.17) is 9.47 Å². The topological polar surface area (TPSA) is 59.1 Å². The van der Waals surface area contributed by atoms with Gasteiger partial charge in [-0.15, -0.1) is 0 Å². The summed E-state index contributed by atoms with van der Waals surface area (Å²) in [5.41, 5.74) is 2.03. The van der Waals surface area contributed by atoms with Crippen molar-refractivity contribution in [1.82, 2.24) is 9.80 Å². The molecule has 0 aliphatic carbocycles. The van der Waals surface area contributed by atoms with Crippen molar-refractivity contribution in [3.05, 3.63) is 95.3 Å². The fourth-order valence-corrected chi connectivity index (χ4v) is 4.20. The highest BCUT2D eigenvalue weighted by atomic mass is 19.1. The molecule has 7 heteroatoms. The third kappa shape index (κ3) is 5.20. The lowest BCUT2D eigenvalue weighted by atomic mass is 9.99. The van der Waals surface area contributed by atoms with Gasteiger partial charge in [0.05, 0.1) is 13.2 Å². The van der Waals surface area contributed by atoms with Crippen LogP contribution in [0.25, 0.3) is 0 Å². The summed E-state index contributed by atoms with van der Waals surface area (Å²) in [6.07, 6.45) is 0. The molecule has 1 atom stereocenters. The second-order valence-corrected chi connectivity index (χ2v) is 8.17. The summed E-state index contributed by atoms with van der Waals surface area (Å²) >= 11 is 0. The van der Waals surface area contributed by atoms with Gasteiger partial charge in [-0.3, -0.25) is 9.59 Å². The summed E-state index contributed by atoms with van der Waals surface area (Å²) < 4.78 is 24.8. The highest BCUT2D eigenvalue weighted by Gasteiger charge is 2.34. The highest BCUT2D eigenvalue weighted by molar-refractivity contribution is 5.95. The monoisotopic (exact) mass is 462 g/mol. The van der Waals surface area contributed by atoms with E-state index >= 15 is 0 Å². The summed E-state index contributed by atoms with van der Waals surface area (Å²) in [6, 6.07) is 20.4. The van der Waals surface area contributed by atoms with E-state index in [0.29, 0.717) is 42.3 Å². The molecule has 0 radical (unpaired) electrons. The molecule has 3 aromatic carbocycles. The third-order valence-corrected chi connectivity index (χ3v) is 5.96. The number of methoxy groups -OCH3 is 1. The largest absolute Gasteiger partial charge is 0.496 e. The maximum atomic E-state index is 13.6. The Morgan fingerprint density at radius 3 is 2.56 bits per heavy atom. The minimum absolute atomic E-state index is 0.0280. The van der Waals surface area contributed by atoms with Crippen LogP contribution in [-0.4, -0.2) is 48.4 Å². The SMILES string of the molecule is COc1ccccc1[C@H]1CN(C(C)=O)CCN1C(=O)c1cccc(OCc2cccc(F)c2)c1. The van der Waals surface area contributed by atoms with Crippen molar-refractivity contribution in [3.63, 3.8) is 0 Å². The molecule has 176 valence electrons. The molecule has 1 aliphatic heterocycles. The van der Waals surface area contributed by atoms with Gasteiger partial charge in [-0.25, -0.2) is 4.39 Å². The van der Waals surface area contributed by atoms with E-state index in [1.807, 2.05) is 24.3 Å². The van der Waals surface area contributed by atoms with Crippen molar-refractivity contribution in [3.8, 4) is 11.5 Å². The van der Waals surface area contributed by atoms with E-state index < -0.39 is 0 Å². The zero-order valence-corrected chi connectivity index (χ0v) is 19.2. The van der Waals surface area contributed by atoms with E-state index in [9.17, 15) is 14.0 Å². The lowest BCUT2D eigenvalue weighted by Gasteiger charge is -2.41. The molecule has 4 rings (SSSR count). The standard InChI is InChI=1S/C27H27FN2O4/c1-19(31)29-13-14-30(25(17-29)24-11-3-4-12-26(24)33-2)27(32)21-8-6-10-23(16-21)34-18-20-7-5-9-22(28)15-20/h3-12,15-16,25H,13-14,17-18H2,1-2H3/t25-/m1/s1. The first-order chi connectivity index (χ1) is 16.5. The van der Waals surface area contributed by atoms with E-state index in [1.165, 1.54) is 19.1 Å². The van der Waals surface area contributed by atoms with Gasteiger partial charge in [0, 0.05) is 37.7 Å². The lowest BCUT2D eigenvalue weighted by Crippen LogP contribution is -2.52. The fourth-order valence-electron chi connectivity index (χ4n) is 4.20. The quantitative estimate of drug-likeness (QED) is 0.543. The van der Waals surface area contributed by atoms with Gasteiger partial charge in [0.2, 0.25) is 5.91 Å². The van der Waals surface area contributed by atoms with Crippen molar-refractivity contribution in [1.29, 1.82) is 0 Å². The van der Waals surface area contributed by atoms with Crippen LogP contribution in [0, 0.1) is 5.82 Å². The smallest absolute Gasteiger partial charge is 0.254 e. The van der Waals surface area contributed by atoms with Crippen molar-refractivity contribution in [2.24, 2.45) is 0 Å². The van der Waals surface area contributed by atoms with Gasteiger partial charge in [-0.2, -0.15) is 0 Å². The summed E-state index contributed by atoms with van der Waals surface area (Å²) in [5.74, 6) is 0.682. The number of carbonyl (C=O) groups excluding carboxylic acids is 2. The Bertz CT molecular complexity index is 1180. The van der Waals surface area contributed by atoms with Gasteiger partial charge < -0.3 is 19.3 Å². The molecule has 3 aromatic rings. The second-order valence-electron chi connectivity index (χ2n) is 8.17. The van der Waals surface area contributed by atoms with Crippen LogP contribution in [0.2, 0.25) is 0 Å². The van der Waals surface area contributed by atoms with Gasteiger partial charge in [-0.1, -0.05) is 36.4 Å². The molecule has 1 aliphatic rings. The third-order valence-electron chi connectivity index (χ3n) is 5.96. The van der Waals surface area contributed by atoms with Crippen LogP contribution in [0.1, 0.15) is 34.5 Å². The summed E-state index contributed by atoms with van der Waals surface area (Å²) in [6.45, 7) is 2.97. The minimum atomic E-state index is -0.349. The number of nitrogens with zero attached hydrogens (tertiary/aromatic N) is 2. The number of para-hydroxylation sites is 1. The molecule has 1 fully saturated rings. The van der Waals surface area contributed by atoms with Gasteiger partial charge in [0.25, 0.3) is 5.91 Å². The zero-order valence-electron chi connectivity index (χ0n) is 19.2. The zero-order chi connectivity index (χ0) is 24.1. The van der Waals surface area contributed by atoms with Gasteiger partial charge in [-0.05, 0) is 42.0 Å². The molecule has 6 nitrogen and oxygen atoms in total. The first-order valence-corrected chi connectivity index (χ1v) is 11.1. The summed E-state index contributed by atoms with van der Waals surface area (Å²) in [5, 5.41) is 0. The van der Waals surface area contributed by atoms with Gasteiger partial charge in [0.15, 0.2) is 0 Å². The van der Waals surface area contributed by atoms with Crippen molar-refractivity contribution in [2.75, 3.05) is 26.7 Å².